The van der Waals surface area contributed by atoms with Crippen molar-refractivity contribution in [2.45, 2.75) is 45.8 Å². The standard InChI is InChI=1S/C20H32N4O3/c1-5-26-20(25)24-18(16-9-10-16)13-23-19(21-4)22-12-15(3)27-17-8-6-7-14(2)11-17/h6-8,11,15-16,18H,5,9-10,12-13H2,1-4H3,(H,24,25)(H2,21,22,23). The van der Waals surface area contributed by atoms with Gasteiger partial charge in [0.05, 0.1) is 19.2 Å². The van der Waals surface area contributed by atoms with Crippen LogP contribution in [-0.2, 0) is 4.74 Å². The molecule has 150 valence electrons. The van der Waals surface area contributed by atoms with Crippen molar-refractivity contribution in [2.24, 2.45) is 10.9 Å². The predicted molar refractivity (Wildman–Crippen MR) is 107 cm³/mol. The summed E-state index contributed by atoms with van der Waals surface area (Å²) in [5.74, 6) is 2.05. The molecule has 1 aliphatic carbocycles. The molecule has 27 heavy (non-hydrogen) atoms. The van der Waals surface area contributed by atoms with Crippen LogP contribution < -0.4 is 20.7 Å². The first-order valence-electron chi connectivity index (χ1n) is 9.63. The highest BCUT2D eigenvalue weighted by molar-refractivity contribution is 5.79. The van der Waals surface area contributed by atoms with Crippen LogP contribution in [0, 0.1) is 12.8 Å². The molecule has 0 radical (unpaired) electrons. The fourth-order valence-electron chi connectivity index (χ4n) is 2.79. The zero-order valence-electron chi connectivity index (χ0n) is 16.7. The highest BCUT2D eigenvalue weighted by Gasteiger charge is 2.32. The topological polar surface area (TPSA) is 84.0 Å². The molecule has 1 aliphatic rings. The maximum atomic E-state index is 11.7. The van der Waals surface area contributed by atoms with Crippen LogP contribution in [0.4, 0.5) is 4.79 Å². The van der Waals surface area contributed by atoms with Gasteiger partial charge in [-0.05, 0) is 57.2 Å². The monoisotopic (exact) mass is 376 g/mol. The van der Waals surface area contributed by atoms with Crippen molar-refractivity contribution >= 4 is 12.1 Å². The largest absolute Gasteiger partial charge is 0.489 e. The van der Waals surface area contributed by atoms with Crippen LogP contribution in [0.1, 0.15) is 32.3 Å². The quantitative estimate of drug-likeness (QED) is 0.455. The third-order valence-corrected chi connectivity index (χ3v) is 4.37. The zero-order chi connectivity index (χ0) is 19.6. The summed E-state index contributed by atoms with van der Waals surface area (Å²) in [6, 6.07) is 8.05. The van der Waals surface area contributed by atoms with Gasteiger partial charge in [-0.1, -0.05) is 12.1 Å². The van der Waals surface area contributed by atoms with Crippen LogP contribution in [0.3, 0.4) is 0 Å². The second-order valence-corrected chi connectivity index (χ2v) is 6.89. The first-order valence-corrected chi connectivity index (χ1v) is 9.63. The van der Waals surface area contributed by atoms with Gasteiger partial charge in [0.15, 0.2) is 5.96 Å². The lowest BCUT2D eigenvalue weighted by molar-refractivity contribution is 0.146. The molecule has 1 saturated carbocycles. The lowest BCUT2D eigenvalue weighted by atomic mass is 10.2. The molecule has 7 heteroatoms. The molecule has 2 atom stereocenters. The number of hydrogen-bond donors (Lipinski definition) is 3. The Balaban J connectivity index is 1.74. The maximum absolute atomic E-state index is 11.7. The molecule has 0 spiro atoms. The molecule has 1 aromatic rings. The first-order chi connectivity index (χ1) is 13.0. The molecule has 1 fully saturated rings. The number of rotatable bonds is 9. The van der Waals surface area contributed by atoms with E-state index >= 15 is 0 Å². The summed E-state index contributed by atoms with van der Waals surface area (Å²) in [5, 5.41) is 9.48. The molecule has 2 rings (SSSR count). The fraction of sp³-hybridized carbons (Fsp3) is 0.600. The van der Waals surface area contributed by atoms with Gasteiger partial charge in [0.2, 0.25) is 0 Å². The SMILES string of the molecule is CCOC(=O)NC(CNC(=NC)NCC(C)Oc1cccc(C)c1)C1CC1. The maximum Gasteiger partial charge on any atom is 0.407 e. The highest BCUT2D eigenvalue weighted by Crippen LogP contribution is 2.32. The molecule has 0 aliphatic heterocycles. The van der Waals surface area contributed by atoms with Gasteiger partial charge in [0.25, 0.3) is 0 Å². The molecule has 0 bridgehead atoms. The summed E-state index contributed by atoms with van der Waals surface area (Å²) in [7, 11) is 1.73. The van der Waals surface area contributed by atoms with Crippen LogP contribution in [0.2, 0.25) is 0 Å². The number of nitrogens with zero attached hydrogens (tertiary/aromatic N) is 1. The minimum Gasteiger partial charge on any atom is -0.489 e. The van der Waals surface area contributed by atoms with E-state index in [9.17, 15) is 4.79 Å². The molecule has 7 nitrogen and oxygen atoms in total. The van der Waals surface area contributed by atoms with Gasteiger partial charge < -0.3 is 25.4 Å². The normalized spacial score (nSPS) is 16.2. The average Bonchev–Trinajstić information content (AvgIpc) is 3.46. The van der Waals surface area contributed by atoms with Crippen molar-refractivity contribution < 1.29 is 14.3 Å². The van der Waals surface area contributed by atoms with Crippen LogP contribution in [0.25, 0.3) is 0 Å². The van der Waals surface area contributed by atoms with Gasteiger partial charge in [-0.25, -0.2) is 4.79 Å². The van der Waals surface area contributed by atoms with Crippen molar-refractivity contribution in [1.82, 2.24) is 16.0 Å². The summed E-state index contributed by atoms with van der Waals surface area (Å²) in [6.07, 6.45) is 1.89. The summed E-state index contributed by atoms with van der Waals surface area (Å²) in [5.41, 5.74) is 1.17. The van der Waals surface area contributed by atoms with Gasteiger partial charge in [0, 0.05) is 13.6 Å². The minimum absolute atomic E-state index is 0.0118. The van der Waals surface area contributed by atoms with Crippen molar-refractivity contribution in [1.29, 1.82) is 0 Å². The third kappa shape index (κ3) is 7.76. The average molecular weight is 377 g/mol. The number of alkyl carbamates (subject to hydrolysis) is 1. The van der Waals surface area contributed by atoms with Crippen LogP contribution in [-0.4, -0.2) is 50.9 Å². The van der Waals surface area contributed by atoms with Crippen molar-refractivity contribution in [2.75, 3.05) is 26.7 Å². The molecule has 1 aromatic carbocycles. The van der Waals surface area contributed by atoms with Crippen LogP contribution >= 0.6 is 0 Å². The van der Waals surface area contributed by atoms with E-state index in [1.165, 1.54) is 5.56 Å². The Hall–Kier alpha value is -2.44. The molecule has 0 heterocycles. The number of amides is 1. The second kappa shape index (κ2) is 10.6. The molecular weight excluding hydrogens is 344 g/mol. The number of carbonyl (C=O) groups is 1. The van der Waals surface area contributed by atoms with E-state index in [-0.39, 0.29) is 18.2 Å². The van der Waals surface area contributed by atoms with Crippen molar-refractivity contribution in [3.63, 3.8) is 0 Å². The fourth-order valence-corrected chi connectivity index (χ4v) is 2.79. The Morgan fingerprint density at radius 1 is 1.30 bits per heavy atom. The number of benzene rings is 1. The highest BCUT2D eigenvalue weighted by atomic mass is 16.5. The Labute approximate surface area is 161 Å². The van der Waals surface area contributed by atoms with Crippen LogP contribution in [0.5, 0.6) is 5.75 Å². The van der Waals surface area contributed by atoms with E-state index in [1.54, 1.807) is 14.0 Å². The van der Waals surface area contributed by atoms with E-state index in [4.69, 9.17) is 9.47 Å². The van der Waals surface area contributed by atoms with Gasteiger partial charge in [-0.15, -0.1) is 0 Å². The number of aryl methyl sites for hydroxylation is 1. The summed E-state index contributed by atoms with van der Waals surface area (Å²) in [6.45, 7) is 7.46. The third-order valence-electron chi connectivity index (χ3n) is 4.37. The Morgan fingerprint density at radius 2 is 2.04 bits per heavy atom. The number of nitrogens with one attached hydrogen (secondary N) is 3. The Morgan fingerprint density at radius 3 is 2.67 bits per heavy atom. The first kappa shape index (κ1) is 20.9. The second-order valence-electron chi connectivity index (χ2n) is 6.89. The summed E-state index contributed by atoms with van der Waals surface area (Å²) < 4.78 is 10.9. The molecule has 3 N–H and O–H groups in total. The molecule has 0 aromatic heterocycles. The summed E-state index contributed by atoms with van der Waals surface area (Å²) >= 11 is 0. The Bertz CT molecular complexity index is 631. The van der Waals surface area contributed by atoms with E-state index in [0.717, 1.165) is 18.6 Å². The predicted octanol–water partition coefficient (Wildman–Crippen LogP) is 2.45. The van der Waals surface area contributed by atoms with Crippen molar-refractivity contribution in [3.05, 3.63) is 29.8 Å². The van der Waals surface area contributed by atoms with Crippen molar-refractivity contribution in [3.8, 4) is 5.75 Å². The number of hydrogen-bond acceptors (Lipinski definition) is 4. The minimum atomic E-state index is -0.362. The van der Waals surface area contributed by atoms with Gasteiger partial charge >= 0.3 is 6.09 Å². The molecule has 1 amide bonds. The lowest BCUT2D eigenvalue weighted by Crippen LogP contribution is -2.49. The van der Waals surface area contributed by atoms with E-state index in [2.05, 4.69) is 20.9 Å². The smallest absolute Gasteiger partial charge is 0.407 e. The zero-order valence-corrected chi connectivity index (χ0v) is 16.7. The van der Waals surface area contributed by atoms with Crippen LogP contribution in [0.15, 0.2) is 29.3 Å². The Kier molecular flexibility index (Phi) is 8.23. The lowest BCUT2D eigenvalue weighted by Gasteiger charge is -2.21. The summed E-state index contributed by atoms with van der Waals surface area (Å²) in [4.78, 5) is 15.9. The van der Waals surface area contributed by atoms with E-state index in [1.807, 2.05) is 38.1 Å². The number of carbonyl (C=O) groups excluding carboxylic acids is 1. The molecule has 2 unspecified atom stereocenters. The number of guanidine groups is 1. The molecule has 0 saturated heterocycles. The van der Waals surface area contributed by atoms with Gasteiger partial charge in [0.1, 0.15) is 11.9 Å². The van der Waals surface area contributed by atoms with Gasteiger partial charge in [-0.2, -0.15) is 0 Å². The van der Waals surface area contributed by atoms with E-state index in [0.29, 0.717) is 31.6 Å². The molecular formula is C20H32N4O3. The number of aliphatic imine (C=N–C) groups is 1. The van der Waals surface area contributed by atoms with E-state index < -0.39 is 0 Å². The van der Waals surface area contributed by atoms with Gasteiger partial charge in [-0.3, -0.25) is 4.99 Å². The number of ether oxygens (including phenoxy) is 2.